The molecule has 0 spiro atoms. The predicted molar refractivity (Wildman–Crippen MR) is 77.8 cm³/mol. The molecule has 2 aromatic rings. The van der Waals surface area contributed by atoms with Crippen LogP contribution in [0.5, 0.6) is 5.75 Å². The van der Waals surface area contributed by atoms with Crippen LogP contribution < -0.4 is 10.5 Å². The molecule has 0 amide bonds. The molecular weight excluding hydrogens is 278 g/mol. The van der Waals surface area contributed by atoms with E-state index >= 15 is 0 Å². The molecule has 2 rings (SSSR count). The third kappa shape index (κ3) is 3.32. The Kier molecular flexibility index (Phi) is 4.67. The molecule has 0 aliphatic rings. The fourth-order valence-electron chi connectivity index (χ4n) is 1.82. The highest BCUT2D eigenvalue weighted by Gasteiger charge is 2.13. The lowest BCUT2D eigenvalue weighted by atomic mass is 10.1. The zero-order valence-corrected chi connectivity index (χ0v) is 12.3. The Labute approximate surface area is 119 Å². The highest BCUT2D eigenvalue weighted by Crippen LogP contribution is 2.27. The molecule has 1 atom stereocenters. The Morgan fingerprint density at radius 2 is 2.25 bits per heavy atom. The van der Waals surface area contributed by atoms with Gasteiger partial charge < -0.3 is 10.5 Å². The molecule has 0 saturated heterocycles. The van der Waals surface area contributed by atoms with E-state index in [1.54, 1.807) is 36.2 Å². The summed E-state index contributed by atoms with van der Waals surface area (Å²) in [6.07, 6.45) is 2.42. The van der Waals surface area contributed by atoms with Gasteiger partial charge >= 0.3 is 0 Å². The first kappa shape index (κ1) is 14.4. The van der Waals surface area contributed by atoms with Crippen molar-refractivity contribution in [1.29, 1.82) is 0 Å². The van der Waals surface area contributed by atoms with E-state index < -0.39 is 10.8 Å². The van der Waals surface area contributed by atoms with Crippen molar-refractivity contribution in [2.45, 2.75) is 13.0 Å². The summed E-state index contributed by atoms with van der Waals surface area (Å²) in [4.78, 5) is 0. The maximum absolute atomic E-state index is 11.1. The number of aromatic nitrogens is 4. The third-order valence-electron chi connectivity index (χ3n) is 2.83. The summed E-state index contributed by atoms with van der Waals surface area (Å²) in [5, 5.41) is 11.6. The summed E-state index contributed by atoms with van der Waals surface area (Å²) in [5.41, 5.74) is 7.28. The van der Waals surface area contributed by atoms with E-state index in [1.807, 2.05) is 0 Å². The van der Waals surface area contributed by atoms with E-state index in [0.717, 1.165) is 12.0 Å². The number of tetrazole rings is 1. The number of benzene rings is 1. The average Bonchev–Trinajstić information content (AvgIpc) is 2.87. The molecule has 0 aliphatic heterocycles. The highest BCUT2D eigenvalue weighted by atomic mass is 32.2. The van der Waals surface area contributed by atoms with Gasteiger partial charge in [0.15, 0.2) is 5.82 Å². The van der Waals surface area contributed by atoms with E-state index in [9.17, 15) is 4.21 Å². The maximum Gasteiger partial charge on any atom is 0.184 e. The first-order valence-corrected chi connectivity index (χ1v) is 7.84. The van der Waals surface area contributed by atoms with Gasteiger partial charge in [0.25, 0.3) is 0 Å². The molecule has 0 bridgehead atoms. The second-order valence-corrected chi connectivity index (χ2v) is 5.86. The van der Waals surface area contributed by atoms with Crippen LogP contribution >= 0.6 is 0 Å². The van der Waals surface area contributed by atoms with Crippen LogP contribution in [0.25, 0.3) is 11.4 Å². The lowest BCUT2D eigenvalue weighted by Crippen LogP contribution is -2.07. The first-order chi connectivity index (χ1) is 9.61. The molecule has 0 aliphatic carbocycles. The molecule has 0 radical (unpaired) electrons. The first-order valence-electron chi connectivity index (χ1n) is 6.12. The number of nitrogen functional groups attached to an aromatic ring is 1. The fraction of sp³-hybridized carbons (Fsp3) is 0.417. The maximum atomic E-state index is 11.1. The van der Waals surface area contributed by atoms with Crippen molar-refractivity contribution < 1.29 is 8.95 Å². The van der Waals surface area contributed by atoms with Crippen molar-refractivity contribution in [3.8, 4) is 17.1 Å². The molecule has 20 heavy (non-hydrogen) atoms. The summed E-state index contributed by atoms with van der Waals surface area (Å²) in [6.45, 7) is 0.596. The molecule has 1 heterocycles. The van der Waals surface area contributed by atoms with Crippen molar-refractivity contribution in [3.63, 3.8) is 0 Å². The number of nitrogens with two attached hydrogens (primary N) is 1. The van der Waals surface area contributed by atoms with Crippen molar-refractivity contribution in [2.75, 3.05) is 24.9 Å². The minimum atomic E-state index is -0.814. The number of ether oxygens (including phenoxy) is 1. The lowest BCUT2D eigenvalue weighted by Gasteiger charge is -2.08. The number of methoxy groups -OCH3 is 1. The number of rotatable bonds is 6. The smallest absolute Gasteiger partial charge is 0.184 e. The Morgan fingerprint density at radius 3 is 2.95 bits per heavy atom. The number of nitrogens with zero attached hydrogens (tertiary/aromatic N) is 4. The van der Waals surface area contributed by atoms with Gasteiger partial charge in [-0.3, -0.25) is 4.21 Å². The van der Waals surface area contributed by atoms with E-state index in [0.29, 0.717) is 29.6 Å². The van der Waals surface area contributed by atoms with Gasteiger partial charge in [0.2, 0.25) is 0 Å². The van der Waals surface area contributed by atoms with Gasteiger partial charge in [-0.15, -0.1) is 5.10 Å². The van der Waals surface area contributed by atoms with Crippen LogP contribution in [0, 0.1) is 0 Å². The molecule has 0 fully saturated rings. The van der Waals surface area contributed by atoms with Gasteiger partial charge in [-0.1, -0.05) is 0 Å². The van der Waals surface area contributed by atoms with Crippen LogP contribution in [0.15, 0.2) is 18.2 Å². The molecule has 2 N–H and O–H groups in total. The Bertz CT molecular complexity index is 614. The van der Waals surface area contributed by atoms with Gasteiger partial charge in [-0.25, -0.2) is 4.68 Å². The third-order valence-corrected chi connectivity index (χ3v) is 3.70. The summed E-state index contributed by atoms with van der Waals surface area (Å²) in [7, 11) is 0.778. The SMILES string of the molecule is COc1ccc(N)c(-c2nnnn2CCCS(C)=O)c1. The van der Waals surface area contributed by atoms with Crippen LogP contribution in [0.4, 0.5) is 5.69 Å². The molecule has 1 aromatic carbocycles. The summed E-state index contributed by atoms with van der Waals surface area (Å²) < 4.78 is 17.9. The van der Waals surface area contributed by atoms with Gasteiger partial charge in [0, 0.05) is 40.6 Å². The number of hydrogen-bond donors (Lipinski definition) is 1. The van der Waals surface area contributed by atoms with Gasteiger partial charge in [-0.05, 0) is 35.0 Å². The fourth-order valence-corrected chi connectivity index (χ4v) is 2.36. The van der Waals surface area contributed by atoms with Crippen LogP contribution in [0.1, 0.15) is 6.42 Å². The highest BCUT2D eigenvalue weighted by molar-refractivity contribution is 7.84. The minimum absolute atomic E-state index is 0.584. The molecule has 1 aromatic heterocycles. The Balaban J connectivity index is 2.25. The summed E-state index contributed by atoms with van der Waals surface area (Å²) >= 11 is 0. The van der Waals surface area contributed by atoms with Crippen molar-refractivity contribution in [2.24, 2.45) is 0 Å². The van der Waals surface area contributed by atoms with Gasteiger partial charge in [-0.2, -0.15) is 0 Å². The van der Waals surface area contributed by atoms with E-state index in [2.05, 4.69) is 15.5 Å². The zero-order chi connectivity index (χ0) is 14.5. The van der Waals surface area contributed by atoms with Crippen LogP contribution in [0.2, 0.25) is 0 Å². The average molecular weight is 295 g/mol. The van der Waals surface area contributed by atoms with Gasteiger partial charge in [0.05, 0.1) is 7.11 Å². The number of aryl methyl sites for hydroxylation is 1. The van der Waals surface area contributed by atoms with E-state index in [-0.39, 0.29) is 0 Å². The largest absolute Gasteiger partial charge is 0.497 e. The standard InChI is InChI=1S/C12H17N5O2S/c1-19-9-4-5-11(13)10(8-9)12-14-15-16-17(12)6-3-7-20(2)18/h4-5,8H,3,6-7,13H2,1-2H3. The Hall–Kier alpha value is -1.96. The molecule has 108 valence electrons. The molecule has 1 unspecified atom stereocenters. The molecule has 0 saturated carbocycles. The quantitative estimate of drug-likeness (QED) is 0.788. The van der Waals surface area contributed by atoms with Crippen LogP contribution in [0.3, 0.4) is 0 Å². The van der Waals surface area contributed by atoms with E-state index in [1.165, 1.54) is 0 Å². The number of anilines is 1. The monoisotopic (exact) mass is 295 g/mol. The molecular formula is C12H17N5O2S. The van der Waals surface area contributed by atoms with Crippen LogP contribution in [-0.4, -0.2) is 43.5 Å². The molecule has 8 heteroatoms. The topological polar surface area (TPSA) is 95.9 Å². The van der Waals surface area contributed by atoms with Crippen molar-refractivity contribution in [1.82, 2.24) is 20.2 Å². The Morgan fingerprint density at radius 1 is 1.45 bits per heavy atom. The lowest BCUT2D eigenvalue weighted by molar-refractivity contribution is 0.415. The second kappa shape index (κ2) is 6.47. The normalized spacial score (nSPS) is 12.3. The van der Waals surface area contributed by atoms with Gasteiger partial charge in [0.1, 0.15) is 5.75 Å². The van der Waals surface area contributed by atoms with Crippen LogP contribution in [-0.2, 0) is 17.3 Å². The summed E-state index contributed by atoms with van der Waals surface area (Å²) in [6, 6.07) is 5.34. The zero-order valence-electron chi connectivity index (χ0n) is 11.4. The molecule has 7 nitrogen and oxygen atoms in total. The van der Waals surface area contributed by atoms with Crippen molar-refractivity contribution >= 4 is 16.5 Å². The summed E-state index contributed by atoms with van der Waals surface area (Å²) in [5.74, 6) is 1.90. The second-order valence-electron chi connectivity index (χ2n) is 4.31. The predicted octanol–water partition coefficient (Wildman–Crippen LogP) is 0.699. The van der Waals surface area contributed by atoms with Crippen molar-refractivity contribution in [3.05, 3.63) is 18.2 Å². The van der Waals surface area contributed by atoms with E-state index in [4.69, 9.17) is 10.5 Å². The minimum Gasteiger partial charge on any atom is -0.497 e. The number of hydrogen-bond acceptors (Lipinski definition) is 6.